The Morgan fingerprint density at radius 1 is 1.62 bits per heavy atom. The predicted octanol–water partition coefficient (Wildman–Crippen LogP) is 2.87. The van der Waals surface area contributed by atoms with Gasteiger partial charge in [-0.05, 0) is 25.1 Å². The number of nitrogens with zero attached hydrogens (tertiary/aromatic N) is 1. The fraction of sp³-hybridized carbons (Fsp3) is 0.167. The molecule has 0 aliphatic carbocycles. The lowest BCUT2D eigenvalue weighted by molar-refractivity contribution is -0.137. The maximum atomic E-state index is 11.1. The topological polar surface area (TPSA) is 39.2 Å². The third kappa shape index (κ3) is 2.46. The van der Waals surface area contributed by atoms with Crippen LogP contribution < -0.4 is 0 Å². The number of fused-ring (bicyclic) bond motifs is 1. The highest BCUT2D eigenvalue weighted by molar-refractivity contribution is 7.19. The molecule has 2 heterocycles. The first-order valence-electron chi connectivity index (χ1n) is 4.98. The number of hydrogen-bond donors (Lipinski definition) is 0. The molecule has 82 valence electrons. The summed E-state index contributed by atoms with van der Waals surface area (Å²) >= 11 is 1.62. The summed E-state index contributed by atoms with van der Waals surface area (Å²) in [6.45, 7) is 2.19. The molecule has 0 spiro atoms. The maximum Gasteiger partial charge on any atom is 0.330 e. The van der Waals surface area contributed by atoms with Crippen molar-refractivity contribution >= 4 is 33.5 Å². The van der Waals surface area contributed by atoms with Crippen LogP contribution in [0, 0.1) is 0 Å². The number of ether oxygens (including phenoxy) is 1. The van der Waals surface area contributed by atoms with Gasteiger partial charge in [-0.25, -0.2) is 4.79 Å². The first-order chi connectivity index (χ1) is 7.79. The SMILES string of the molecule is CCOC(=O)/C=C/c1cc2cnccc2s1. The highest BCUT2D eigenvalue weighted by Crippen LogP contribution is 2.25. The Labute approximate surface area is 97.4 Å². The van der Waals surface area contributed by atoms with Crippen molar-refractivity contribution in [3.63, 3.8) is 0 Å². The van der Waals surface area contributed by atoms with Gasteiger partial charge in [-0.2, -0.15) is 0 Å². The zero-order valence-electron chi connectivity index (χ0n) is 8.84. The molecule has 2 aromatic rings. The van der Waals surface area contributed by atoms with Crippen LogP contribution in [0.3, 0.4) is 0 Å². The van der Waals surface area contributed by atoms with E-state index in [4.69, 9.17) is 4.74 Å². The molecule has 0 bridgehead atoms. The summed E-state index contributed by atoms with van der Waals surface area (Å²) in [4.78, 5) is 16.2. The van der Waals surface area contributed by atoms with Gasteiger partial charge in [0, 0.05) is 33.4 Å². The van der Waals surface area contributed by atoms with E-state index in [-0.39, 0.29) is 5.97 Å². The minimum atomic E-state index is -0.307. The van der Waals surface area contributed by atoms with Crippen LogP contribution in [-0.2, 0) is 9.53 Å². The van der Waals surface area contributed by atoms with E-state index in [9.17, 15) is 4.79 Å². The van der Waals surface area contributed by atoms with Gasteiger partial charge in [0.2, 0.25) is 0 Å². The number of hydrogen-bond acceptors (Lipinski definition) is 4. The lowest BCUT2D eigenvalue weighted by Gasteiger charge is -1.93. The molecule has 16 heavy (non-hydrogen) atoms. The smallest absolute Gasteiger partial charge is 0.330 e. The summed E-state index contributed by atoms with van der Waals surface area (Å²) < 4.78 is 5.97. The number of esters is 1. The van der Waals surface area contributed by atoms with Crippen LogP contribution in [0.2, 0.25) is 0 Å². The Balaban J connectivity index is 2.18. The van der Waals surface area contributed by atoms with E-state index in [1.54, 1.807) is 30.5 Å². The third-order valence-corrected chi connectivity index (χ3v) is 3.09. The first kappa shape index (κ1) is 10.8. The molecule has 0 fully saturated rings. The van der Waals surface area contributed by atoms with Crippen molar-refractivity contribution < 1.29 is 9.53 Å². The van der Waals surface area contributed by atoms with E-state index >= 15 is 0 Å². The van der Waals surface area contributed by atoms with Crippen molar-refractivity contribution in [2.75, 3.05) is 6.61 Å². The van der Waals surface area contributed by atoms with Crippen molar-refractivity contribution in [1.82, 2.24) is 4.98 Å². The Morgan fingerprint density at radius 2 is 2.50 bits per heavy atom. The van der Waals surface area contributed by atoms with Crippen LogP contribution in [0.25, 0.3) is 16.2 Å². The molecule has 0 radical (unpaired) electrons. The summed E-state index contributed by atoms with van der Waals surface area (Å²) in [6.07, 6.45) is 6.79. The lowest BCUT2D eigenvalue weighted by Crippen LogP contribution is -1.98. The largest absolute Gasteiger partial charge is 0.463 e. The summed E-state index contributed by atoms with van der Waals surface area (Å²) in [5, 5.41) is 1.09. The second-order valence-electron chi connectivity index (χ2n) is 3.15. The molecule has 3 nitrogen and oxygen atoms in total. The number of carbonyl (C=O) groups excluding carboxylic acids is 1. The molecule has 0 aliphatic heterocycles. The quantitative estimate of drug-likeness (QED) is 0.604. The summed E-state index contributed by atoms with van der Waals surface area (Å²) in [6, 6.07) is 3.96. The number of rotatable bonds is 3. The van der Waals surface area contributed by atoms with Crippen LogP contribution >= 0.6 is 11.3 Å². The summed E-state index contributed by atoms with van der Waals surface area (Å²) in [5.74, 6) is -0.307. The average molecular weight is 233 g/mol. The fourth-order valence-electron chi connectivity index (χ4n) is 1.33. The lowest BCUT2D eigenvalue weighted by atomic mass is 10.3. The minimum absolute atomic E-state index is 0.307. The molecule has 0 saturated carbocycles. The predicted molar refractivity (Wildman–Crippen MR) is 65.3 cm³/mol. The minimum Gasteiger partial charge on any atom is -0.463 e. The van der Waals surface area contributed by atoms with Crippen molar-refractivity contribution in [1.29, 1.82) is 0 Å². The van der Waals surface area contributed by atoms with Crippen LogP contribution in [0.4, 0.5) is 0 Å². The first-order valence-corrected chi connectivity index (χ1v) is 5.79. The van der Waals surface area contributed by atoms with Crippen LogP contribution in [0.5, 0.6) is 0 Å². The van der Waals surface area contributed by atoms with Gasteiger partial charge in [0.15, 0.2) is 0 Å². The zero-order chi connectivity index (χ0) is 11.4. The standard InChI is InChI=1S/C12H11NO2S/c1-2-15-12(14)4-3-10-7-9-8-13-6-5-11(9)16-10/h3-8H,2H2,1H3/b4-3+. The van der Waals surface area contributed by atoms with Crippen LogP contribution in [0.15, 0.2) is 30.6 Å². The average Bonchev–Trinajstić information content (AvgIpc) is 2.69. The molecule has 2 aromatic heterocycles. The number of aromatic nitrogens is 1. The van der Waals surface area contributed by atoms with Crippen molar-refractivity contribution in [3.05, 3.63) is 35.5 Å². The molecule has 0 aromatic carbocycles. The Bertz CT molecular complexity index is 498. The van der Waals surface area contributed by atoms with Crippen LogP contribution in [0.1, 0.15) is 11.8 Å². The molecule has 0 atom stereocenters. The summed E-state index contributed by atoms with van der Waals surface area (Å²) in [7, 11) is 0. The van der Waals surface area contributed by atoms with E-state index in [1.807, 2.05) is 18.3 Å². The molecule has 0 aliphatic rings. The van der Waals surface area contributed by atoms with Gasteiger partial charge in [-0.1, -0.05) is 0 Å². The van der Waals surface area contributed by atoms with Gasteiger partial charge in [0.25, 0.3) is 0 Å². The molecule has 2 rings (SSSR count). The normalized spacial score (nSPS) is 11.1. The highest BCUT2D eigenvalue weighted by Gasteiger charge is 1.99. The molecule has 0 amide bonds. The van der Waals surface area contributed by atoms with Crippen molar-refractivity contribution in [2.45, 2.75) is 6.92 Å². The third-order valence-electron chi connectivity index (χ3n) is 2.01. The Hall–Kier alpha value is -1.68. The number of pyridine rings is 1. The molecule has 0 unspecified atom stereocenters. The number of carbonyl (C=O) groups is 1. The van der Waals surface area contributed by atoms with E-state index in [1.165, 1.54) is 10.8 Å². The van der Waals surface area contributed by atoms with Gasteiger partial charge in [0.05, 0.1) is 6.61 Å². The van der Waals surface area contributed by atoms with E-state index < -0.39 is 0 Å². The van der Waals surface area contributed by atoms with Crippen molar-refractivity contribution in [3.8, 4) is 0 Å². The Morgan fingerprint density at radius 3 is 3.25 bits per heavy atom. The Kier molecular flexibility index (Phi) is 3.31. The molecule has 0 saturated heterocycles. The van der Waals surface area contributed by atoms with Crippen molar-refractivity contribution in [2.24, 2.45) is 0 Å². The van der Waals surface area contributed by atoms with Gasteiger partial charge in [-0.3, -0.25) is 4.98 Å². The maximum absolute atomic E-state index is 11.1. The van der Waals surface area contributed by atoms with Gasteiger partial charge in [-0.15, -0.1) is 11.3 Å². The zero-order valence-corrected chi connectivity index (χ0v) is 9.66. The number of thiophene rings is 1. The molecular weight excluding hydrogens is 222 g/mol. The molecule has 4 heteroatoms. The van der Waals surface area contributed by atoms with Gasteiger partial charge < -0.3 is 4.74 Å². The van der Waals surface area contributed by atoms with Crippen LogP contribution in [-0.4, -0.2) is 17.6 Å². The second-order valence-corrected chi connectivity index (χ2v) is 4.26. The molecule has 0 N–H and O–H groups in total. The van der Waals surface area contributed by atoms with E-state index in [2.05, 4.69) is 4.98 Å². The summed E-state index contributed by atoms with van der Waals surface area (Å²) in [5.41, 5.74) is 0. The van der Waals surface area contributed by atoms with Gasteiger partial charge >= 0.3 is 5.97 Å². The van der Waals surface area contributed by atoms with Gasteiger partial charge in [0.1, 0.15) is 0 Å². The fourth-order valence-corrected chi connectivity index (χ4v) is 2.26. The monoisotopic (exact) mass is 233 g/mol. The van der Waals surface area contributed by atoms with E-state index in [0.29, 0.717) is 6.61 Å². The van der Waals surface area contributed by atoms with E-state index in [0.717, 1.165) is 10.3 Å². The second kappa shape index (κ2) is 4.90. The highest BCUT2D eigenvalue weighted by atomic mass is 32.1. The molecular formula is C12H11NO2S.